The minimum Gasteiger partial charge on any atom is -0.361 e. The van der Waals surface area contributed by atoms with Gasteiger partial charge in [-0.25, -0.2) is 0 Å². The number of aryl methyl sites for hydroxylation is 1. The molecule has 0 radical (unpaired) electrons. The van der Waals surface area contributed by atoms with Crippen molar-refractivity contribution < 1.29 is 9.32 Å². The van der Waals surface area contributed by atoms with Crippen molar-refractivity contribution in [2.24, 2.45) is 0 Å². The van der Waals surface area contributed by atoms with E-state index in [4.69, 9.17) is 4.52 Å². The molecule has 1 amide bonds. The molecule has 0 saturated carbocycles. The standard InChI is InChI=1S/C22H27N5O2.ClH/c1-26(22(28)20-11-14-27(24-20)18-9-5-12-23-16-18)13-6-10-19-15-21(25-29-19)17-7-3-2-4-8-17;/h2-4,7-8,11,14-15,18,23H,5-6,9-10,12-13,16H2,1H3;1H. The minimum atomic E-state index is -0.0462. The molecule has 1 unspecified atom stereocenters. The number of piperidine rings is 1. The molecule has 1 aliphatic heterocycles. The van der Waals surface area contributed by atoms with Gasteiger partial charge < -0.3 is 14.7 Å². The molecule has 0 aliphatic carbocycles. The van der Waals surface area contributed by atoms with E-state index in [0.29, 0.717) is 18.3 Å². The first-order valence-corrected chi connectivity index (χ1v) is 10.2. The molecule has 1 atom stereocenters. The van der Waals surface area contributed by atoms with Crippen LogP contribution in [0.1, 0.15) is 41.6 Å². The highest BCUT2D eigenvalue weighted by Crippen LogP contribution is 2.19. The van der Waals surface area contributed by atoms with Gasteiger partial charge in [-0.3, -0.25) is 9.48 Å². The van der Waals surface area contributed by atoms with Crippen LogP contribution in [0.4, 0.5) is 0 Å². The summed E-state index contributed by atoms with van der Waals surface area (Å²) in [5, 5.41) is 12.0. The molecule has 3 heterocycles. The van der Waals surface area contributed by atoms with Crippen molar-refractivity contribution in [3.8, 4) is 11.3 Å². The normalized spacial score (nSPS) is 16.1. The quantitative estimate of drug-likeness (QED) is 0.621. The molecule has 4 rings (SSSR count). The lowest BCUT2D eigenvalue weighted by atomic mass is 10.1. The third kappa shape index (κ3) is 5.29. The summed E-state index contributed by atoms with van der Waals surface area (Å²) in [6, 6.07) is 14.1. The van der Waals surface area contributed by atoms with E-state index in [1.807, 2.05) is 60.4 Å². The Morgan fingerprint density at radius 3 is 2.90 bits per heavy atom. The zero-order chi connectivity index (χ0) is 20.1. The Hall–Kier alpha value is -2.64. The Bertz CT molecular complexity index is 934. The number of hydrogen-bond donors (Lipinski definition) is 1. The highest BCUT2D eigenvalue weighted by molar-refractivity contribution is 5.92. The molecule has 1 saturated heterocycles. The van der Waals surface area contributed by atoms with Crippen LogP contribution in [0, 0.1) is 0 Å². The molecule has 3 aromatic rings. The third-order valence-electron chi connectivity index (χ3n) is 5.36. The van der Waals surface area contributed by atoms with Crippen molar-refractivity contribution in [3.63, 3.8) is 0 Å². The number of carbonyl (C=O) groups excluding carboxylic acids is 1. The number of rotatable bonds is 7. The fourth-order valence-corrected chi connectivity index (χ4v) is 3.68. The van der Waals surface area contributed by atoms with Crippen LogP contribution in [0.3, 0.4) is 0 Å². The maximum atomic E-state index is 12.7. The van der Waals surface area contributed by atoms with Gasteiger partial charge in [-0.2, -0.15) is 5.10 Å². The molecular formula is C22H28ClN5O2. The van der Waals surface area contributed by atoms with E-state index >= 15 is 0 Å². The van der Waals surface area contributed by atoms with Crippen LogP contribution in [0.2, 0.25) is 0 Å². The van der Waals surface area contributed by atoms with Crippen LogP contribution in [-0.4, -0.2) is 52.4 Å². The number of amides is 1. The molecule has 1 N–H and O–H groups in total. The fraction of sp³-hybridized carbons (Fsp3) is 0.409. The molecule has 0 bridgehead atoms. The van der Waals surface area contributed by atoms with Gasteiger partial charge in [0, 0.05) is 44.4 Å². The van der Waals surface area contributed by atoms with E-state index in [0.717, 1.165) is 55.8 Å². The summed E-state index contributed by atoms with van der Waals surface area (Å²) in [7, 11) is 1.82. The van der Waals surface area contributed by atoms with E-state index in [1.54, 1.807) is 4.90 Å². The molecule has 0 spiro atoms. The summed E-state index contributed by atoms with van der Waals surface area (Å²) < 4.78 is 7.36. The smallest absolute Gasteiger partial charge is 0.274 e. The van der Waals surface area contributed by atoms with Crippen molar-refractivity contribution >= 4 is 18.3 Å². The zero-order valence-electron chi connectivity index (χ0n) is 17.2. The Kier molecular flexibility index (Phi) is 7.65. The summed E-state index contributed by atoms with van der Waals surface area (Å²) in [5.41, 5.74) is 2.38. The van der Waals surface area contributed by atoms with Crippen molar-refractivity contribution in [1.82, 2.24) is 25.2 Å². The van der Waals surface area contributed by atoms with Crippen LogP contribution < -0.4 is 5.32 Å². The van der Waals surface area contributed by atoms with Gasteiger partial charge in [0.15, 0.2) is 0 Å². The molecule has 1 aromatic carbocycles. The predicted octanol–water partition coefficient (Wildman–Crippen LogP) is 3.59. The first-order chi connectivity index (χ1) is 14.2. The molecular weight excluding hydrogens is 402 g/mol. The van der Waals surface area contributed by atoms with Crippen molar-refractivity contribution in [3.05, 3.63) is 60.1 Å². The Morgan fingerprint density at radius 2 is 2.13 bits per heavy atom. The van der Waals surface area contributed by atoms with E-state index in [1.165, 1.54) is 0 Å². The van der Waals surface area contributed by atoms with Crippen LogP contribution >= 0.6 is 12.4 Å². The van der Waals surface area contributed by atoms with E-state index in [9.17, 15) is 4.79 Å². The molecule has 2 aromatic heterocycles. The van der Waals surface area contributed by atoms with Crippen molar-refractivity contribution in [2.45, 2.75) is 31.7 Å². The van der Waals surface area contributed by atoms with Crippen molar-refractivity contribution in [1.29, 1.82) is 0 Å². The number of benzene rings is 1. The topological polar surface area (TPSA) is 76.2 Å². The van der Waals surface area contributed by atoms with E-state index in [-0.39, 0.29) is 18.3 Å². The second kappa shape index (κ2) is 10.4. The predicted molar refractivity (Wildman–Crippen MR) is 118 cm³/mol. The second-order valence-corrected chi connectivity index (χ2v) is 7.56. The first-order valence-electron chi connectivity index (χ1n) is 10.2. The Balaban J connectivity index is 0.00000256. The van der Waals surface area contributed by atoms with Gasteiger partial charge in [0.1, 0.15) is 17.1 Å². The molecule has 8 heteroatoms. The lowest BCUT2D eigenvalue weighted by Crippen LogP contribution is -2.32. The maximum absolute atomic E-state index is 12.7. The fourth-order valence-electron chi connectivity index (χ4n) is 3.68. The number of nitrogens with one attached hydrogen (secondary N) is 1. The molecule has 160 valence electrons. The van der Waals surface area contributed by atoms with Crippen LogP contribution in [-0.2, 0) is 6.42 Å². The summed E-state index contributed by atoms with van der Waals surface area (Å²) in [6.45, 7) is 2.61. The zero-order valence-corrected chi connectivity index (χ0v) is 18.0. The lowest BCUT2D eigenvalue weighted by molar-refractivity contribution is 0.0785. The van der Waals surface area contributed by atoms with Gasteiger partial charge in [0.25, 0.3) is 5.91 Å². The largest absolute Gasteiger partial charge is 0.361 e. The molecule has 30 heavy (non-hydrogen) atoms. The summed E-state index contributed by atoms with van der Waals surface area (Å²) in [5.74, 6) is 0.786. The summed E-state index contributed by atoms with van der Waals surface area (Å²) in [4.78, 5) is 14.4. The van der Waals surface area contributed by atoms with Gasteiger partial charge in [-0.05, 0) is 31.9 Å². The molecule has 1 fully saturated rings. The Labute approximate surface area is 182 Å². The lowest BCUT2D eigenvalue weighted by Gasteiger charge is -2.23. The number of carbonyl (C=O) groups is 1. The first kappa shape index (κ1) is 22.1. The van der Waals surface area contributed by atoms with E-state index in [2.05, 4.69) is 15.6 Å². The highest BCUT2D eigenvalue weighted by Gasteiger charge is 2.19. The highest BCUT2D eigenvalue weighted by atomic mass is 35.5. The summed E-state index contributed by atoms with van der Waals surface area (Å²) in [6.07, 6.45) is 5.69. The van der Waals surface area contributed by atoms with Crippen molar-refractivity contribution in [2.75, 3.05) is 26.7 Å². The van der Waals surface area contributed by atoms with Gasteiger partial charge in [-0.15, -0.1) is 12.4 Å². The van der Waals surface area contributed by atoms with Gasteiger partial charge in [0.2, 0.25) is 0 Å². The average molecular weight is 430 g/mol. The number of nitrogens with zero attached hydrogens (tertiary/aromatic N) is 4. The monoisotopic (exact) mass is 429 g/mol. The van der Waals surface area contributed by atoms with E-state index < -0.39 is 0 Å². The molecule has 1 aliphatic rings. The SMILES string of the molecule is CN(CCCc1cc(-c2ccccc2)no1)C(=O)c1ccn(C2CCCNC2)n1.Cl. The summed E-state index contributed by atoms with van der Waals surface area (Å²) >= 11 is 0. The maximum Gasteiger partial charge on any atom is 0.274 e. The number of aromatic nitrogens is 3. The molecule has 7 nitrogen and oxygen atoms in total. The van der Waals surface area contributed by atoms with Gasteiger partial charge in [0.05, 0.1) is 6.04 Å². The average Bonchev–Trinajstić information content (AvgIpc) is 3.45. The number of hydrogen-bond acceptors (Lipinski definition) is 5. The number of halogens is 1. The third-order valence-corrected chi connectivity index (χ3v) is 5.36. The van der Waals surface area contributed by atoms with Crippen LogP contribution in [0.15, 0.2) is 53.2 Å². The van der Waals surface area contributed by atoms with Gasteiger partial charge >= 0.3 is 0 Å². The Morgan fingerprint density at radius 1 is 1.30 bits per heavy atom. The minimum absolute atomic E-state index is 0. The van der Waals surface area contributed by atoms with Crippen LogP contribution in [0.25, 0.3) is 11.3 Å². The van der Waals surface area contributed by atoms with Gasteiger partial charge in [-0.1, -0.05) is 35.5 Å². The second-order valence-electron chi connectivity index (χ2n) is 7.56. The van der Waals surface area contributed by atoms with Crippen LogP contribution in [0.5, 0.6) is 0 Å².